The topological polar surface area (TPSA) is 100 Å². The summed E-state index contributed by atoms with van der Waals surface area (Å²) in [6.07, 6.45) is 3.37. The first-order chi connectivity index (χ1) is 16.4. The zero-order valence-electron chi connectivity index (χ0n) is 19.1. The lowest BCUT2D eigenvalue weighted by molar-refractivity contribution is 0.0660. The Labute approximate surface area is 202 Å². The SMILES string of the molecule is C=CCC1CN(C(=O)OCCl)C(=O)c2cc(-c3cccc4nc(C)c(NC(C)C=C)nc34)[nH]c21. The number of fused-ring (bicyclic) bond motifs is 2. The third kappa shape index (κ3) is 4.28. The van der Waals surface area contributed by atoms with Crippen molar-refractivity contribution in [2.24, 2.45) is 0 Å². The van der Waals surface area contributed by atoms with Crippen molar-refractivity contribution in [3.8, 4) is 11.3 Å². The van der Waals surface area contributed by atoms with Crippen molar-refractivity contribution in [2.45, 2.75) is 32.2 Å². The molecule has 8 nitrogen and oxygen atoms in total. The number of carbonyl (C=O) groups excluding carboxylic acids is 2. The number of aromatic amines is 1. The first-order valence-corrected chi connectivity index (χ1v) is 11.5. The number of aryl methyl sites for hydroxylation is 1. The number of nitrogens with one attached hydrogen (secondary N) is 2. The number of alkyl halides is 1. The zero-order chi connectivity index (χ0) is 24.4. The first kappa shape index (κ1) is 23.5. The number of halogens is 1. The van der Waals surface area contributed by atoms with E-state index < -0.39 is 12.0 Å². The van der Waals surface area contributed by atoms with Crippen LogP contribution in [0.3, 0.4) is 0 Å². The quantitative estimate of drug-likeness (QED) is 0.349. The standard InChI is InChI=1S/C25H26ClN5O3/c1-5-8-16-12-31(25(33)34-13-26)24(32)18-11-20(29-21(16)18)17-9-7-10-19-22(17)30-23(15(4)28-19)27-14(3)6-2/h5-7,9-11,14,16,29H,1-2,8,12-13H2,3-4H3,(H,27,30). The molecule has 2 aromatic heterocycles. The summed E-state index contributed by atoms with van der Waals surface area (Å²) in [5, 5.41) is 3.30. The second kappa shape index (κ2) is 9.69. The van der Waals surface area contributed by atoms with Gasteiger partial charge in [-0.05, 0) is 32.4 Å². The Balaban J connectivity index is 1.82. The summed E-state index contributed by atoms with van der Waals surface area (Å²) in [5.74, 6) is 0.0901. The van der Waals surface area contributed by atoms with E-state index >= 15 is 0 Å². The molecular formula is C25H26ClN5O3. The monoisotopic (exact) mass is 479 g/mol. The van der Waals surface area contributed by atoms with E-state index in [1.807, 2.05) is 32.0 Å². The van der Waals surface area contributed by atoms with E-state index in [0.717, 1.165) is 27.4 Å². The van der Waals surface area contributed by atoms with E-state index in [4.69, 9.17) is 26.3 Å². The van der Waals surface area contributed by atoms with Crippen molar-refractivity contribution < 1.29 is 14.3 Å². The van der Waals surface area contributed by atoms with Gasteiger partial charge in [0.1, 0.15) is 11.3 Å². The highest BCUT2D eigenvalue weighted by molar-refractivity contribution is 6.17. The number of hydrogen-bond acceptors (Lipinski definition) is 6. The van der Waals surface area contributed by atoms with Crippen molar-refractivity contribution >= 4 is 40.5 Å². The Kier molecular flexibility index (Phi) is 6.70. The molecule has 3 heterocycles. The van der Waals surface area contributed by atoms with Crippen LogP contribution in [0.2, 0.25) is 0 Å². The van der Waals surface area contributed by atoms with E-state index in [9.17, 15) is 9.59 Å². The Hall–Kier alpha value is -3.65. The molecule has 34 heavy (non-hydrogen) atoms. The van der Waals surface area contributed by atoms with Gasteiger partial charge in [-0.25, -0.2) is 19.7 Å². The van der Waals surface area contributed by atoms with Crippen LogP contribution in [0.1, 0.15) is 41.0 Å². The van der Waals surface area contributed by atoms with E-state index in [0.29, 0.717) is 29.0 Å². The van der Waals surface area contributed by atoms with Gasteiger partial charge in [0.25, 0.3) is 5.91 Å². The van der Waals surface area contributed by atoms with Crippen molar-refractivity contribution in [3.63, 3.8) is 0 Å². The second-order valence-electron chi connectivity index (χ2n) is 8.17. The molecule has 4 rings (SSSR count). The molecule has 0 spiro atoms. The molecule has 0 bridgehead atoms. The average Bonchev–Trinajstić information content (AvgIpc) is 3.27. The number of imide groups is 1. The van der Waals surface area contributed by atoms with E-state index in [2.05, 4.69) is 23.5 Å². The number of nitrogens with zero attached hydrogens (tertiary/aromatic N) is 3. The van der Waals surface area contributed by atoms with Gasteiger partial charge in [-0.2, -0.15) is 0 Å². The molecule has 2 amide bonds. The normalized spacial score (nSPS) is 16.1. The van der Waals surface area contributed by atoms with Crippen LogP contribution >= 0.6 is 11.6 Å². The molecule has 1 aromatic carbocycles. The van der Waals surface area contributed by atoms with Crippen LogP contribution in [-0.2, 0) is 4.74 Å². The lowest BCUT2D eigenvalue weighted by atomic mass is 9.93. The molecule has 2 atom stereocenters. The maximum Gasteiger partial charge on any atom is 0.418 e. The van der Waals surface area contributed by atoms with E-state index in [1.54, 1.807) is 18.2 Å². The molecule has 9 heteroatoms. The van der Waals surface area contributed by atoms with Gasteiger partial charge in [-0.15, -0.1) is 13.2 Å². The minimum Gasteiger partial charge on any atom is -0.433 e. The largest absolute Gasteiger partial charge is 0.433 e. The molecule has 2 unspecified atom stereocenters. The Morgan fingerprint density at radius 3 is 2.88 bits per heavy atom. The molecule has 0 radical (unpaired) electrons. The van der Waals surface area contributed by atoms with Crippen LogP contribution in [0.15, 0.2) is 49.6 Å². The highest BCUT2D eigenvalue weighted by atomic mass is 35.5. The fourth-order valence-electron chi connectivity index (χ4n) is 4.12. The molecule has 0 fully saturated rings. The Bertz CT molecular complexity index is 1290. The number of H-pyrrole nitrogens is 1. The summed E-state index contributed by atoms with van der Waals surface area (Å²) in [6, 6.07) is 7.18. The van der Waals surface area contributed by atoms with Gasteiger partial charge in [0.05, 0.1) is 16.8 Å². The number of hydrogen-bond donors (Lipinski definition) is 2. The van der Waals surface area contributed by atoms with Crippen LogP contribution < -0.4 is 5.32 Å². The third-order valence-electron chi connectivity index (χ3n) is 5.86. The molecule has 176 valence electrons. The number of aromatic nitrogens is 3. The summed E-state index contributed by atoms with van der Waals surface area (Å²) in [6.45, 7) is 11.7. The minimum absolute atomic E-state index is 0.0198. The maximum absolute atomic E-state index is 13.1. The number of ether oxygens (including phenoxy) is 1. The summed E-state index contributed by atoms with van der Waals surface area (Å²) >= 11 is 5.54. The van der Waals surface area contributed by atoms with Gasteiger partial charge in [-0.1, -0.05) is 35.9 Å². The smallest absolute Gasteiger partial charge is 0.418 e. The molecule has 3 aromatic rings. The fourth-order valence-corrected chi connectivity index (χ4v) is 4.22. The van der Waals surface area contributed by atoms with Gasteiger partial charge in [0, 0.05) is 35.5 Å². The zero-order valence-corrected chi connectivity index (χ0v) is 19.9. The van der Waals surface area contributed by atoms with E-state index in [-0.39, 0.29) is 24.6 Å². The van der Waals surface area contributed by atoms with Crippen LogP contribution in [0.5, 0.6) is 0 Å². The van der Waals surface area contributed by atoms with Crippen LogP contribution in [-0.4, -0.2) is 50.5 Å². The van der Waals surface area contributed by atoms with Crippen molar-refractivity contribution in [2.75, 3.05) is 17.9 Å². The van der Waals surface area contributed by atoms with E-state index in [1.165, 1.54) is 0 Å². The van der Waals surface area contributed by atoms with Crippen LogP contribution in [0.4, 0.5) is 10.6 Å². The molecule has 0 saturated carbocycles. The summed E-state index contributed by atoms with van der Waals surface area (Å²) in [5.41, 5.74) is 4.89. The van der Waals surface area contributed by atoms with Gasteiger partial charge in [0.15, 0.2) is 6.07 Å². The number of anilines is 1. The number of allylic oxidation sites excluding steroid dienone is 1. The van der Waals surface area contributed by atoms with Gasteiger partial charge in [0.2, 0.25) is 0 Å². The predicted molar refractivity (Wildman–Crippen MR) is 133 cm³/mol. The maximum atomic E-state index is 13.1. The lowest BCUT2D eigenvalue weighted by Gasteiger charge is -2.29. The predicted octanol–water partition coefficient (Wildman–Crippen LogP) is 5.37. The lowest BCUT2D eigenvalue weighted by Crippen LogP contribution is -2.43. The summed E-state index contributed by atoms with van der Waals surface area (Å²) in [7, 11) is 0. The molecule has 0 saturated heterocycles. The molecular weight excluding hydrogens is 454 g/mol. The van der Waals surface area contributed by atoms with Crippen molar-refractivity contribution in [1.82, 2.24) is 19.9 Å². The Morgan fingerprint density at radius 1 is 1.38 bits per heavy atom. The summed E-state index contributed by atoms with van der Waals surface area (Å²) in [4.78, 5) is 39.5. The molecule has 1 aliphatic heterocycles. The first-order valence-electron chi connectivity index (χ1n) is 10.9. The molecule has 2 N–H and O–H groups in total. The number of carbonyl (C=O) groups is 2. The van der Waals surface area contributed by atoms with Crippen molar-refractivity contribution in [3.05, 3.63) is 66.5 Å². The number of rotatable bonds is 7. The second-order valence-corrected chi connectivity index (χ2v) is 8.38. The molecule has 0 aliphatic carbocycles. The van der Waals surface area contributed by atoms with Crippen molar-refractivity contribution in [1.29, 1.82) is 0 Å². The average molecular weight is 480 g/mol. The summed E-state index contributed by atoms with van der Waals surface area (Å²) < 4.78 is 4.87. The fraction of sp³-hybridized carbons (Fsp3) is 0.280. The number of benzene rings is 1. The van der Waals surface area contributed by atoms with Crippen LogP contribution in [0.25, 0.3) is 22.3 Å². The van der Waals surface area contributed by atoms with Gasteiger partial charge in [-0.3, -0.25) is 4.79 Å². The number of amides is 2. The van der Waals surface area contributed by atoms with Gasteiger partial charge >= 0.3 is 6.09 Å². The highest BCUT2D eigenvalue weighted by Gasteiger charge is 2.37. The minimum atomic E-state index is -0.763. The molecule has 1 aliphatic rings. The number of para-hydroxylation sites is 1. The Morgan fingerprint density at radius 2 is 2.18 bits per heavy atom. The van der Waals surface area contributed by atoms with Gasteiger partial charge < -0.3 is 15.0 Å². The van der Waals surface area contributed by atoms with Crippen LogP contribution in [0, 0.1) is 6.92 Å². The third-order valence-corrected chi connectivity index (χ3v) is 5.97. The highest BCUT2D eigenvalue weighted by Crippen LogP contribution is 2.36.